The molecule has 0 saturated carbocycles. The van der Waals surface area contributed by atoms with E-state index in [1.807, 2.05) is 17.8 Å². The van der Waals surface area contributed by atoms with Crippen LogP contribution in [0.1, 0.15) is 5.56 Å². The monoisotopic (exact) mass is 266 g/mol. The maximum Gasteiger partial charge on any atom is 0.231 e. The molecule has 0 amide bonds. The van der Waals surface area contributed by atoms with Crippen molar-refractivity contribution in [3.8, 4) is 11.5 Å². The molecule has 0 bridgehead atoms. The topological polar surface area (TPSA) is 47.7 Å². The van der Waals surface area contributed by atoms with Crippen LogP contribution in [0, 0.1) is 0 Å². The fraction of sp³-hybridized carbons (Fsp3) is 0.538. The molecule has 1 atom stereocenters. The number of ether oxygens (including phenoxy) is 2. The van der Waals surface area contributed by atoms with Gasteiger partial charge in [0.25, 0.3) is 0 Å². The summed E-state index contributed by atoms with van der Waals surface area (Å²) in [5, 5.41) is 0. The van der Waals surface area contributed by atoms with Gasteiger partial charge in [-0.1, -0.05) is 6.07 Å². The van der Waals surface area contributed by atoms with Gasteiger partial charge in [-0.25, -0.2) is 0 Å². The van der Waals surface area contributed by atoms with Crippen molar-refractivity contribution >= 4 is 11.8 Å². The molecule has 4 nitrogen and oxygen atoms in total. The Morgan fingerprint density at radius 3 is 3.11 bits per heavy atom. The number of benzene rings is 1. The van der Waals surface area contributed by atoms with E-state index < -0.39 is 0 Å². The van der Waals surface area contributed by atoms with Gasteiger partial charge in [0.1, 0.15) is 0 Å². The molecule has 2 heterocycles. The summed E-state index contributed by atoms with van der Waals surface area (Å²) in [4.78, 5) is 2.47. The normalized spacial score (nSPS) is 23.3. The number of nitrogens with zero attached hydrogens (tertiary/aromatic N) is 1. The van der Waals surface area contributed by atoms with Gasteiger partial charge in [0.2, 0.25) is 6.79 Å². The first-order valence-electron chi connectivity index (χ1n) is 6.27. The van der Waals surface area contributed by atoms with Crippen LogP contribution < -0.4 is 15.2 Å². The second-order valence-corrected chi connectivity index (χ2v) is 5.77. The highest BCUT2D eigenvalue weighted by Gasteiger charge is 2.22. The minimum Gasteiger partial charge on any atom is -0.454 e. The van der Waals surface area contributed by atoms with Gasteiger partial charge >= 0.3 is 0 Å². The maximum atomic E-state index is 5.84. The highest BCUT2D eigenvalue weighted by Crippen LogP contribution is 2.33. The van der Waals surface area contributed by atoms with E-state index in [4.69, 9.17) is 15.2 Å². The van der Waals surface area contributed by atoms with Gasteiger partial charge < -0.3 is 15.2 Å². The summed E-state index contributed by atoms with van der Waals surface area (Å²) in [7, 11) is 0. The minimum atomic E-state index is 0.338. The molecule has 0 radical (unpaired) electrons. The van der Waals surface area contributed by atoms with Gasteiger partial charge in [-0.2, -0.15) is 11.8 Å². The highest BCUT2D eigenvalue weighted by molar-refractivity contribution is 7.99. The van der Waals surface area contributed by atoms with E-state index in [1.54, 1.807) is 0 Å². The lowest BCUT2D eigenvalue weighted by molar-refractivity contribution is 0.173. The smallest absolute Gasteiger partial charge is 0.231 e. The second-order valence-electron chi connectivity index (χ2n) is 4.62. The summed E-state index contributed by atoms with van der Waals surface area (Å²) in [6, 6.07) is 6.68. The number of fused-ring (bicyclic) bond motifs is 1. The molecule has 5 heteroatoms. The van der Waals surface area contributed by atoms with Crippen molar-refractivity contribution in [2.75, 3.05) is 31.4 Å². The lowest BCUT2D eigenvalue weighted by Gasteiger charge is -2.34. The molecule has 98 valence electrons. The van der Waals surface area contributed by atoms with E-state index >= 15 is 0 Å². The molecule has 0 aliphatic carbocycles. The third-order valence-electron chi connectivity index (χ3n) is 3.44. The lowest BCUT2D eigenvalue weighted by atomic mass is 10.1. The second kappa shape index (κ2) is 5.38. The fourth-order valence-corrected chi connectivity index (χ4v) is 3.54. The lowest BCUT2D eigenvalue weighted by Crippen LogP contribution is -2.46. The van der Waals surface area contributed by atoms with Crippen LogP contribution in [0.15, 0.2) is 18.2 Å². The first-order valence-corrected chi connectivity index (χ1v) is 7.42. The zero-order valence-electron chi connectivity index (χ0n) is 10.3. The van der Waals surface area contributed by atoms with Crippen molar-refractivity contribution in [3.05, 3.63) is 23.8 Å². The van der Waals surface area contributed by atoms with Crippen LogP contribution in [0.4, 0.5) is 0 Å². The molecule has 18 heavy (non-hydrogen) atoms. The summed E-state index contributed by atoms with van der Waals surface area (Å²) in [5.74, 6) is 4.05. The summed E-state index contributed by atoms with van der Waals surface area (Å²) >= 11 is 2.00. The summed E-state index contributed by atoms with van der Waals surface area (Å²) < 4.78 is 10.7. The third kappa shape index (κ3) is 2.43. The van der Waals surface area contributed by atoms with Crippen LogP contribution in [-0.2, 0) is 6.54 Å². The van der Waals surface area contributed by atoms with Crippen molar-refractivity contribution in [1.82, 2.24) is 4.90 Å². The van der Waals surface area contributed by atoms with E-state index in [2.05, 4.69) is 17.0 Å². The van der Waals surface area contributed by atoms with Gasteiger partial charge in [0.05, 0.1) is 0 Å². The minimum absolute atomic E-state index is 0.338. The molecule has 0 aromatic heterocycles. The van der Waals surface area contributed by atoms with Crippen molar-refractivity contribution < 1.29 is 9.47 Å². The van der Waals surface area contributed by atoms with Crippen molar-refractivity contribution in [2.24, 2.45) is 5.73 Å². The van der Waals surface area contributed by atoms with Crippen LogP contribution in [-0.4, -0.2) is 42.3 Å². The van der Waals surface area contributed by atoms with Gasteiger partial charge in [-0.15, -0.1) is 0 Å². The Bertz CT molecular complexity index is 427. The third-order valence-corrected chi connectivity index (χ3v) is 4.54. The average Bonchev–Trinajstić information content (AvgIpc) is 2.87. The first-order chi connectivity index (χ1) is 8.86. The van der Waals surface area contributed by atoms with Gasteiger partial charge in [0.15, 0.2) is 11.5 Å². The molecule has 1 unspecified atom stereocenters. The number of nitrogens with two attached hydrogens (primary N) is 1. The van der Waals surface area contributed by atoms with E-state index in [9.17, 15) is 0 Å². The van der Waals surface area contributed by atoms with E-state index in [0.29, 0.717) is 12.8 Å². The summed E-state index contributed by atoms with van der Waals surface area (Å²) in [6.45, 7) is 3.13. The molecule has 1 saturated heterocycles. The van der Waals surface area contributed by atoms with E-state index in [0.717, 1.165) is 36.9 Å². The van der Waals surface area contributed by atoms with Gasteiger partial charge in [0, 0.05) is 37.2 Å². The van der Waals surface area contributed by atoms with Crippen LogP contribution in [0.5, 0.6) is 11.5 Å². The Balaban J connectivity index is 1.71. The Hall–Kier alpha value is -0.910. The number of hydrogen-bond donors (Lipinski definition) is 1. The summed E-state index contributed by atoms with van der Waals surface area (Å²) in [6.07, 6.45) is 0. The number of thioether (sulfide) groups is 1. The fourth-order valence-electron chi connectivity index (χ4n) is 2.39. The zero-order valence-corrected chi connectivity index (χ0v) is 11.1. The Labute approximate surface area is 111 Å². The van der Waals surface area contributed by atoms with Gasteiger partial charge in [-0.3, -0.25) is 4.90 Å². The molecular formula is C13H18N2O2S. The molecule has 2 aliphatic rings. The SMILES string of the molecule is NCC1CSCCN1Cc1ccc2c(c1)OCO2. The molecule has 1 aromatic carbocycles. The zero-order chi connectivity index (χ0) is 12.4. The highest BCUT2D eigenvalue weighted by atomic mass is 32.2. The molecular weight excluding hydrogens is 248 g/mol. The predicted molar refractivity (Wildman–Crippen MR) is 73.1 cm³/mol. The van der Waals surface area contributed by atoms with Crippen LogP contribution in [0.25, 0.3) is 0 Å². The molecule has 0 spiro atoms. The van der Waals surface area contributed by atoms with Gasteiger partial charge in [-0.05, 0) is 17.7 Å². The van der Waals surface area contributed by atoms with Crippen LogP contribution >= 0.6 is 11.8 Å². The Morgan fingerprint density at radius 2 is 2.22 bits per heavy atom. The standard InChI is InChI=1S/C13H18N2O2S/c14-6-11-8-18-4-3-15(11)7-10-1-2-12-13(5-10)17-9-16-12/h1-2,5,11H,3-4,6-9,14H2. The van der Waals surface area contributed by atoms with Crippen molar-refractivity contribution in [1.29, 1.82) is 0 Å². The number of rotatable bonds is 3. The molecule has 2 N–H and O–H groups in total. The Morgan fingerprint density at radius 1 is 1.33 bits per heavy atom. The quantitative estimate of drug-likeness (QED) is 0.893. The van der Waals surface area contributed by atoms with Crippen LogP contribution in [0.2, 0.25) is 0 Å². The molecule has 1 aromatic rings. The average molecular weight is 266 g/mol. The van der Waals surface area contributed by atoms with E-state index in [1.165, 1.54) is 11.3 Å². The first kappa shape index (κ1) is 12.1. The Kier molecular flexibility index (Phi) is 3.63. The van der Waals surface area contributed by atoms with Crippen LogP contribution in [0.3, 0.4) is 0 Å². The van der Waals surface area contributed by atoms with Crippen molar-refractivity contribution in [3.63, 3.8) is 0 Å². The molecule has 3 rings (SSSR count). The predicted octanol–water partition coefficient (Wildman–Crippen LogP) is 1.29. The van der Waals surface area contributed by atoms with E-state index in [-0.39, 0.29) is 0 Å². The number of hydrogen-bond acceptors (Lipinski definition) is 5. The molecule has 2 aliphatic heterocycles. The summed E-state index contributed by atoms with van der Waals surface area (Å²) in [5.41, 5.74) is 7.11. The van der Waals surface area contributed by atoms with Crippen molar-refractivity contribution in [2.45, 2.75) is 12.6 Å². The molecule has 1 fully saturated rings. The maximum absolute atomic E-state index is 5.84. The largest absolute Gasteiger partial charge is 0.454 e.